The van der Waals surface area contributed by atoms with E-state index in [1.807, 2.05) is 66.7 Å². The Kier molecular flexibility index (Phi) is 3.67. The van der Waals surface area contributed by atoms with Gasteiger partial charge in [0.1, 0.15) is 0 Å². The number of benzene rings is 3. The van der Waals surface area contributed by atoms with Crippen LogP contribution in [-0.2, 0) is 11.2 Å². The van der Waals surface area contributed by atoms with Crippen LogP contribution in [0.15, 0.2) is 72.8 Å². The number of carbonyl (C=O) groups excluding carboxylic acids is 1. The van der Waals surface area contributed by atoms with Crippen LogP contribution in [-0.4, -0.2) is 11.1 Å². The number of rotatable bonds is 3. The lowest BCUT2D eigenvalue weighted by atomic mass is 10.1. The fourth-order valence-corrected chi connectivity index (χ4v) is 2.37. The maximum absolute atomic E-state index is 12.2. The topological polar surface area (TPSA) is 40.5 Å². The van der Waals surface area contributed by atoms with Crippen LogP contribution in [0.1, 0.15) is 5.56 Å². The molecular formula is C18H15NO2. The molecule has 0 spiro atoms. The Bertz CT molecular complexity index is 763. The van der Waals surface area contributed by atoms with Crippen LogP contribution in [0.2, 0.25) is 0 Å². The summed E-state index contributed by atoms with van der Waals surface area (Å²) < 4.78 is 0. The molecule has 0 aliphatic carbocycles. The van der Waals surface area contributed by atoms with Crippen molar-refractivity contribution in [3.63, 3.8) is 0 Å². The van der Waals surface area contributed by atoms with E-state index in [0.717, 1.165) is 21.4 Å². The summed E-state index contributed by atoms with van der Waals surface area (Å²) in [6.45, 7) is 0. The van der Waals surface area contributed by atoms with E-state index in [4.69, 9.17) is 0 Å². The number of hydrogen-bond acceptors (Lipinski definition) is 2. The van der Waals surface area contributed by atoms with Gasteiger partial charge in [0.2, 0.25) is 0 Å². The SMILES string of the molecule is O=C(Cc1ccccc1)N(O)c1cccc2ccccc12. The first-order valence-corrected chi connectivity index (χ1v) is 6.79. The number of fused-ring (bicyclic) bond motifs is 1. The molecule has 0 bridgehead atoms. The van der Waals surface area contributed by atoms with Gasteiger partial charge < -0.3 is 0 Å². The molecule has 0 fully saturated rings. The summed E-state index contributed by atoms with van der Waals surface area (Å²) in [7, 11) is 0. The van der Waals surface area contributed by atoms with Crippen molar-refractivity contribution in [2.45, 2.75) is 6.42 Å². The van der Waals surface area contributed by atoms with E-state index in [9.17, 15) is 10.0 Å². The lowest BCUT2D eigenvalue weighted by Crippen LogP contribution is -2.28. The molecule has 104 valence electrons. The van der Waals surface area contributed by atoms with Gasteiger partial charge >= 0.3 is 0 Å². The van der Waals surface area contributed by atoms with Crippen LogP contribution in [0.4, 0.5) is 5.69 Å². The standard InChI is InChI=1S/C18H15NO2/c20-18(13-14-7-2-1-3-8-14)19(21)17-12-6-10-15-9-4-5-11-16(15)17/h1-12,21H,13H2. The molecule has 0 aliphatic heterocycles. The Balaban J connectivity index is 1.90. The predicted molar refractivity (Wildman–Crippen MR) is 83.4 cm³/mol. The lowest BCUT2D eigenvalue weighted by Gasteiger charge is -2.17. The van der Waals surface area contributed by atoms with Gasteiger partial charge in [0.05, 0.1) is 12.1 Å². The normalized spacial score (nSPS) is 10.5. The molecule has 21 heavy (non-hydrogen) atoms. The number of hydrogen-bond donors (Lipinski definition) is 1. The maximum atomic E-state index is 12.2. The van der Waals surface area contributed by atoms with Crippen LogP contribution in [0.5, 0.6) is 0 Å². The van der Waals surface area contributed by atoms with Gasteiger partial charge in [-0.05, 0) is 17.0 Å². The minimum Gasteiger partial charge on any atom is -0.281 e. The first-order valence-electron chi connectivity index (χ1n) is 6.79. The number of amides is 1. The van der Waals surface area contributed by atoms with E-state index in [-0.39, 0.29) is 12.3 Å². The molecule has 0 aromatic heterocycles. The lowest BCUT2D eigenvalue weighted by molar-refractivity contribution is -0.122. The molecule has 0 unspecified atom stereocenters. The van der Waals surface area contributed by atoms with Crippen molar-refractivity contribution in [1.82, 2.24) is 0 Å². The van der Waals surface area contributed by atoms with E-state index in [1.54, 1.807) is 6.07 Å². The smallest absolute Gasteiger partial charge is 0.255 e. The van der Waals surface area contributed by atoms with Crippen molar-refractivity contribution < 1.29 is 10.0 Å². The number of nitrogens with zero attached hydrogens (tertiary/aromatic N) is 1. The van der Waals surface area contributed by atoms with Gasteiger partial charge in [-0.15, -0.1) is 0 Å². The first-order chi connectivity index (χ1) is 10.3. The number of anilines is 1. The second kappa shape index (κ2) is 5.77. The van der Waals surface area contributed by atoms with Crippen LogP contribution >= 0.6 is 0 Å². The quantitative estimate of drug-likeness (QED) is 0.584. The molecule has 3 aromatic carbocycles. The Morgan fingerprint density at radius 1 is 0.857 bits per heavy atom. The molecular weight excluding hydrogens is 262 g/mol. The second-order valence-electron chi connectivity index (χ2n) is 4.87. The van der Waals surface area contributed by atoms with Crippen molar-refractivity contribution in [3.05, 3.63) is 78.4 Å². The summed E-state index contributed by atoms with van der Waals surface area (Å²) >= 11 is 0. The molecule has 1 amide bonds. The van der Waals surface area contributed by atoms with Gasteiger partial charge in [-0.25, -0.2) is 0 Å². The largest absolute Gasteiger partial charge is 0.281 e. The number of hydroxylamine groups is 1. The van der Waals surface area contributed by atoms with Gasteiger partial charge in [0.25, 0.3) is 5.91 Å². The Morgan fingerprint density at radius 3 is 2.33 bits per heavy atom. The van der Waals surface area contributed by atoms with Crippen molar-refractivity contribution in [3.8, 4) is 0 Å². The third-order valence-electron chi connectivity index (χ3n) is 3.43. The molecule has 3 rings (SSSR count). The molecule has 3 heteroatoms. The Labute approximate surface area is 123 Å². The summed E-state index contributed by atoms with van der Waals surface area (Å²) in [4.78, 5) is 12.2. The van der Waals surface area contributed by atoms with E-state index in [0.29, 0.717) is 5.69 Å². The zero-order valence-electron chi connectivity index (χ0n) is 11.4. The first kappa shape index (κ1) is 13.3. The minimum absolute atomic E-state index is 0.167. The summed E-state index contributed by atoms with van der Waals surface area (Å²) in [5, 5.41) is 12.8. The zero-order valence-corrected chi connectivity index (χ0v) is 11.4. The average molecular weight is 277 g/mol. The molecule has 0 saturated heterocycles. The van der Waals surface area contributed by atoms with Crippen LogP contribution in [0.25, 0.3) is 10.8 Å². The third kappa shape index (κ3) is 2.78. The molecule has 0 radical (unpaired) electrons. The molecule has 3 nitrogen and oxygen atoms in total. The second-order valence-corrected chi connectivity index (χ2v) is 4.87. The van der Waals surface area contributed by atoms with Gasteiger partial charge in [-0.3, -0.25) is 10.0 Å². The highest BCUT2D eigenvalue weighted by molar-refractivity contribution is 6.02. The molecule has 0 saturated carbocycles. The minimum atomic E-state index is -0.349. The average Bonchev–Trinajstić information content (AvgIpc) is 2.54. The highest BCUT2D eigenvalue weighted by Crippen LogP contribution is 2.26. The van der Waals surface area contributed by atoms with Gasteiger partial charge in [-0.2, -0.15) is 5.06 Å². The van der Waals surface area contributed by atoms with Crippen molar-refractivity contribution in [2.75, 3.05) is 5.06 Å². The van der Waals surface area contributed by atoms with E-state index < -0.39 is 0 Å². The highest BCUT2D eigenvalue weighted by Gasteiger charge is 2.15. The predicted octanol–water partition coefficient (Wildman–Crippen LogP) is 3.80. The van der Waals surface area contributed by atoms with Gasteiger partial charge in [-0.1, -0.05) is 66.7 Å². The zero-order chi connectivity index (χ0) is 14.7. The van der Waals surface area contributed by atoms with Crippen molar-refractivity contribution in [1.29, 1.82) is 0 Å². The Morgan fingerprint density at radius 2 is 1.52 bits per heavy atom. The summed E-state index contributed by atoms with van der Waals surface area (Å²) in [5.41, 5.74) is 1.39. The van der Waals surface area contributed by atoms with E-state index in [1.165, 1.54) is 0 Å². The summed E-state index contributed by atoms with van der Waals surface area (Å²) in [5.74, 6) is -0.349. The fourth-order valence-electron chi connectivity index (χ4n) is 2.37. The summed E-state index contributed by atoms with van der Waals surface area (Å²) in [6.07, 6.45) is 0.167. The highest BCUT2D eigenvalue weighted by atomic mass is 16.5. The molecule has 0 heterocycles. The van der Waals surface area contributed by atoms with Gasteiger partial charge in [0, 0.05) is 5.39 Å². The summed E-state index contributed by atoms with van der Waals surface area (Å²) in [6, 6.07) is 22.6. The van der Waals surface area contributed by atoms with Gasteiger partial charge in [0.15, 0.2) is 0 Å². The molecule has 0 atom stereocenters. The van der Waals surface area contributed by atoms with E-state index in [2.05, 4.69) is 0 Å². The van der Waals surface area contributed by atoms with Crippen LogP contribution < -0.4 is 5.06 Å². The molecule has 1 N–H and O–H groups in total. The Hall–Kier alpha value is -2.65. The van der Waals surface area contributed by atoms with Crippen molar-refractivity contribution >= 4 is 22.4 Å². The fraction of sp³-hybridized carbons (Fsp3) is 0.0556. The monoisotopic (exact) mass is 277 g/mol. The van der Waals surface area contributed by atoms with Crippen LogP contribution in [0, 0.1) is 0 Å². The molecule has 0 aliphatic rings. The van der Waals surface area contributed by atoms with Crippen LogP contribution in [0.3, 0.4) is 0 Å². The molecule has 3 aromatic rings. The van der Waals surface area contributed by atoms with Crippen molar-refractivity contribution in [2.24, 2.45) is 0 Å². The van der Waals surface area contributed by atoms with E-state index >= 15 is 0 Å². The maximum Gasteiger partial charge on any atom is 0.255 e. The number of carbonyl (C=O) groups is 1. The third-order valence-corrected chi connectivity index (χ3v) is 3.43.